The second-order valence-corrected chi connectivity index (χ2v) is 7.36. The average Bonchev–Trinajstić information content (AvgIpc) is 3.24. The predicted octanol–water partition coefficient (Wildman–Crippen LogP) is 1.62. The van der Waals surface area contributed by atoms with Crippen LogP contribution >= 0.6 is 0 Å². The number of carbonyl (C=O) groups is 1. The number of rotatable bonds is 7. The van der Waals surface area contributed by atoms with Crippen LogP contribution in [0, 0.1) is 11.8 Å². The van der Waals surface area contributed by atoms with Gasteiger partial charge in [-0.25, -0.2) is 0 Å². The number of hydrogen-bond donors (Lipinski definition) is 2. The van der Waals surface area contributed by atoms with E-state index in [0.717, 1.165) is 51.5 Å². The fraction of sp³-hybridized carbons (Fsp3) is 0.889. The molecule has 1 aliphatic carbocycles. The predicted molar refractivity (Wildman–Crippen MR) is 97.1 cm³/mol. The maximum atomic E-state index is 12.5. The van der Waals surface area contributed by atoms with Gasteiger partial charge in [-0.05, 0) is 25.2 Å². The van der Waals surface area contributed by atoms with E-state index in [9.17, 15) is 4.79 Å². The molecule has 1 aliphatic heterocycles. The minimum atomic E-state index is 0.277. The number of nitrogens with zero attached hydrogens (tertiary/aromatic N) is 2. The van der Waals surface area contributed by atoms with E-state index in [1.54, 1.807) is 7.05 Å². The molecule has 1 saturated heterocycles. The molecule has 2 aliphatic rings. The topological polar surface area (TPSA) is 66.0 Å². The molecule has 0 aromatic heterocycles. The largest absolute Gasteiger partial charge is 0.379 e. The summed E-state index contributed by atoms with van der Waals surface area (Å²) in [7, 11) is 1.78. The van der Waals surface area contributed by atoms with E-state index in [1.807, 2.05) is 4.90 Å². The monoisotopic (exact) mass is 338 g/mol. The lowest BCUT2D eigenvalue weighted by atomic mass is 10.1. The van der Waals surface area contributed by atoms with Crippen molar-refractivity contribution in [3.05, 3.63) is 0 Å². The third-order valence-electron chi connectivity index (χ3n) is 4.76. The number of hydrogen-bond acceptors (Lipinski definition) is 3. The number of guanidine groups is 1. The molecular weight excluding hydrogens is 304 g/mol. The summed E-state index contributed by atoms with van der Waals surface area (Å²) in [6, 6.07) is 0.290. The quantitative estimate of drug-likeness (QED) is 0.420. The highest BCUT2D eigenvalue weighted by molar-refractivity contribution is 5.81. The number of ether oxygens (including phenoxy) is 1. The van der Waals surface area contributed by atoms with Crippen molar-refractivity contribution in [1.29, 1.82) is 0 Å². The minimum Gasteiger partial charge on any atom is -0.379 e. The van der Waals surface area contributed by atoms with Crippen molar-refractivity contribution in [2.24, 2.45) is 16.8 Å². The van der Waals surface area contributed by atoms with Gasteiger partial charge in [-0.2, -0.15) is 0 Å². The lowest BCUT2D eigenvalue weighted by molar-refractivity contribution is -0.134. The van der Waals surface area contributed by atoms with Gasteiger partial charge in [0.05, 0.1) is 6.61 Å². The van der Waals surface area contributed by atoms with Crippen LogP contribution < -0.4 is 10.6 Å². The molecule has 1 saturated carbocycles. The number of likely N-dealkylation sites (tertiary alicyclic amines) is 1. The Hall–Kier alpha value is -1.30. The minimum absolute atomic E-state index is 0.277. The van der Waals surface area contributed by atoms with Gasteiger partial charge in [0.25, 0.3) is 0 Å². The molecule has 1 unspecified atom stereocenters. The van der Waals surface area contributed by atoms with Crippen LogP contribution in [-0.4, -0.2) is 62.7 Å². The highest BCUT2D eigenvalue weighted by Crippen LogP contribution is 2.27. The summed E-state index contributed by atoms with van der Waals surface area (Å²) in [4.78, 5) is 18.8. The van der Waals surface area contributed by atoms with Gasteiger partial charge in [-0.1, -0.05) is 26.7 Å². The standard InChI is InChI=1S/C18H34N4O2/c1-14(2)13-24-11-9-20-18(19-3)21-16-8-10-22(12-16)17(23)15-6-4-5-7-15/h14-16H,4-13H2,1-3H3,(H2,19,20,21). The van der Waals surface area contributed by atoms with Gasteiger partial charge in [0.1, 0.15) is 0 Å². The Balaban J connectivity index is 1.66. The molecule has 0 aromatic rings. The zero-order valence-electron chi connectivity index (χ0n) is 15.5. The van der Waals surface area contributed by atoms with E-state index in [2.05, 4.69) is 29.5 Å². The summed E-state index contributed by atoms with van der Waals surface area (Å²) >= 11 is 0. The molecule has 0 aromatic carbocycles. The Morgan fingerprint density at radius 3 is 2.71 bits per heavy atom. The lowest BCUT2D eigenvalue weighted by Gasteiger charge is -2.21. The number of amides is 1. The van der Waals surface area contributed by atoms with Crippen LogP contribution in [0.15, 0.2) is 4.99 Å². The van der Waals surface area contributed by atoms with Gasteiger partial charge in [-0.15, -0.1) is 0 Å². The van der Waals surface area contributed by atoms with Crippen molar-refractivity contribution >= 4 is 11.9 Å². The van der Waals surface area contributed by atoms with Crippen molar-refractivity contribution in [2.45, 2.75) is 52.0 Å². The fourth-order valence-electron chi connectivity index (χ4n) is 3.46. The Bertz CT molecular complexity index is 419. The van der Waals surface area contributed by atoms with Crippen LogP contribution in [0.4, 0.5) is 0 Å². The third-order valence-corrected chi connectivity index (χ3v) is 4.76. The Morgan fingerprint density at radius 2 is 2.04 bits per heavy atom. The van der Waals surface area contributed by atoms with Crippen LogP contribution in [0.3, 0.4) is 0 Å². The maximum Gasteiger partial charge on any atom is 0.225 e. The second kappa shape index (κ2) is 9.87. The summed E-state index contributed by atoms with van der Waals surface area (Å²) < 4.78 is 5.57. The van der Waals surface area contributed by atoms with Gasteiger partial charge < -0.3 is 20.3 Å². The molecule has 1 heterocycles. The second-order valence-electron chi connectivity index (χ2n) is 7.36. The summed E-state index contributed by atoms with van der Waals surface area (Å²) in [5, 5.41) is 6.71. The Labute approximate surface area is 146 Å². The van der Waals surface area contributed by atoms with Crippen molar-refractivity contribution in [2.75, 3.05) is 39.9 Å². The smallest absolute Gasteiger partial charge is 0.225 e. The zero-order chi connectivity index (χ0) is 17.4. The molecule has 6 heteroatoms. The van der Waals surface area contributed by atoms with Crippen molar-refractivity contribution in [3.8, 4) is 0 Å². The van der Waals surface area contributed by atoms with Crippen LogP contribution in [0.2, 0.25) is 0 Å². The van der Waals surface area contributed by atoms with E-state index in [-0.39, 0.29) is 12.0 Å². The zero-order valence-corrected chi connectivity index (χ0v) is 15.5. The molecule has 0 spiro atoms. The van der Waals surface area contributed by atoms with Gasteiger partial charge >= 0.3 is 0 Å². The first kappa shape index (κ1) is 19.0. The van der Waals surface area contributed by atoms with Gasteiger partial charge in [0.2, 0.25) is 5.91 Å². The normalized spacial score (nSPS) is 22.4. The van der Waals surface area contributed by atoms with E-state index in [4.69, 9.17) is 4.74 Å². The van der Waals surface area contributed by atoms with Crippen LogP contribution in [-0.2, 0) is 9.53 Å². The van der Waals surface area contributed by atoms with E-state index < -0.39 is 0 Å². The molecule has 138 valence electrons. The van der Waals surface area contributed by atoms with Gasteiger partial charge in [-0.3, -0.25) is 9.79 Å². The van der Waals surface area contributed by atoms with E-state index in [0.29, 0.717) is 18.4 Å². The van der Waals surface area contributed by atoms with Gasteiger partial charge in [0.15, 0.2) is 5.96 Å². The Kier molecular flexibility index (Phi) is 7.82. The SMILES string of the molecule is CN=C(NCCOCC(C)C)NC1CCN(C(=O)C2CCCC2)C1. The molecular formula is C18H34N4O2. The fourth-order valence-corrected chi connectivity index (χ4v) is 3.46. The van der Waals surface area contributed by atoms with Crippen LogP contribution in [0.5, 0.6) is 0 Å². The first-order valence-corrected chi connectivity index (χ1v) is 9.44. The average molecular weight is 338 g/mol. The van der Waals surface area contributed by atoms with Crippen LogP contribution in [0.25, 0.3) is 0 Å². The molecule has 0 radical (unpaired) electrons. The number of aliphatic imine (C=N–C) groups is 1. The van der Waals surface area contributed by atoms with Crippen molar-refractivity contribution in [1.82, 2.24) is 15.5 Å². The summed E-state index contributed by atoms with van der Waals surface area (Å²) in [6.07, 6.45) is 5.56. The van der Waals surface area contributed by atoms with Crippen molar-refractivity contribution < 1.29 is 9.53 Å². The van der Waals surface area contributed by atoms with E-state index >= 15 is 0 Å². The highest BCUT2D eigenvalue weighted by atomic mass is 16.5. The number of carbonyl (C=O) groups excluding carboxylic acids is 1. The maximum absolute atomic E-state index is 12.5. The summed E-state index contributed by atoms with van der Waals surface area (Å²) in [5.41, 5.74) is 0. The molecule has 1 atom stereocenters. The van der Waals surface area contributed by atoms with Gasteiger partial charge in [0, 0.05) is 45.2 Å². The molecule has 24 heavy (non-hydrogen) atoms. The molecule has 0 bridgehead atoms. The third kappa shape index (κ3) is 5.96. The molecule has 1 amide bonds. The highest BCUT2D eigenvalue weighted by Gasteiger charge is 2.32. The van der Waals surface area contributed by atoms with Crippen LogP contribution in [0.1, 0.15) is 46.0 Å². The molecule has 6 nitrogen and oxygen atoms in total. The molecule has 2 rings (SSSR count). The molecule has 2 fully saturated rings. The van der Waals surface area contributed by atoms with Crippen molar-refractivity contribution in [3.63, 3.8) is 0 Å². The molecule has 2 N–H and O–H groups in total. The first-order chi connectivity index (χ1) is 11.6. The summed E-state index contributed by atoms with van der Waals surface area (Å²) in [5.74, 6) is 1.99. The summed E-state index contributed by atoms with van der Waals surface area (Å²) in [6.45, 7) is 8.15. The Morgan fingerprint density at radius 1 is 1.29 bits per heavy atom. The lowest BCUT2D eigenvalue weighted by Crippen LogP contribution is -2.46. The number of nitrogens with one attached hydrogen (secondary N) is 2. The first-order valence-electron chi connectivity index (χ1n) is 9.44. The van der Waals surface area contributed by atoms with E-state index in [1.165, 1.54) is 12.8 Å².